The third-order valence-electron chi connectivity index (χ3n) is 4.74. The van der Waals surface area contributed by atoms with E-state index in [1.165, 1.54) is 11.3 Å². The number of carbonyl (C=O) groups is 2. The van der Waals surface area contributed by atoms with Crippen LogP contribution in [0.4, 0.5) is 0 Å². The van der Waals surface area contributed by atoms with E-state index in [1.807, 2.05) is 60.7 Å². The van der Waals surface area contributed by atoms with Gasteiger partial charge in [-0.1, -0.05) is 60.7 Å². The monoisotopic (exact) mass is 391 g/mol. The highest BCUT2D eigenvalue weighted by atomic mass is 32.1. The Morgan fingerprint density at radius 3 is 2.39 bits per heavy atom. The Hall–Kier alpha value is -2.99. The van der Waals surface area contributed by atoms with E-state index in [0.717, 1.165) is 29.0 Å². The summed E-state index contributed by atoms with van der Waals surface area (Å²) in [5, 5.41) is 6.57. The van der Waals surface area contributed by atoms with E-state index in [9.17, 15) is 9.59 Å². The Balaban J connectivity index is 1.69. The molecule has 1 saturated heterocycles. The topological polar surface area (TPSA) is 71.1 Å². The number of benzene rings is 2. The Morgan fingerprint density at radius 1 is 1.00 bits per heavy atom. The molecule has 2 N–H and O–H groups in total. The maximum Gasteiger partial charge on any atom is 0.264 e. The molecule has 5 nitrogen and oxygen atoms in total. The second-order valence-electron chi connectivity index (χ2n) is 6.74. The maximum absolute atomic E-state index is 13.1. The molecule has 28 heavy (non-hydrogen) atoms. The van der Waals surface area contributed by atoms with Crippen molar-refractivity contribution in [1.82, 2.24) is 15.6 Å². The molecule has 0 unspecified atom stereocenters. The van der Waals surface area contributed by atoms with Gasteiger partial charge in [0.05, 0.1) is 5.69 Å². The van der Waals surface area contributed by atoms with E-state index >= 15 is 0 Å². The molecular weight excluding hydrogens is 370 g/mol. The van der Waals surface area contributed by atoms with Gasteiger partial charge in [-0.05, 0) is 19.3 Å². The van der Waals surface area contributed by atoms with Crippen molar-refractivity contribution < 1.29 is 9.59 Å². The van der Waals surface area contributed by atoms with Gasteiger partial charge >= 0.3 is 0 Å². The van der Waals surface area contributed by atoms with Crippen LogP contribution in [0.5, 0.6) is 0 Å². The standard InChI is InChI=1S/C22H21N3O2S/c26-20-17(13-7-8-14-23-20)24-21(27)19-18(15-9-3-1-4-10-15)25-22(28-19)16-11-5-2-6-12-16/h1-6,9-12,17H,7-8,13-14H2,(H,23,26)(H,24,27)/t17-/m1/s1. The minimum absolute atomic E-state index is 0.111. The van der Waals surface area contributed by atoms with E-state index in [2.05, 4.69) is 10.6 Å². The molecule has 1 aliphatic heterocycles. The number of aromatic nitrogens is 1. The molecule has 142 valence electrons. The van der Waals surface area contributed by atoms with Crippen LogP contribution >= 0.6 is 11.3 Å². The third kappa shape index (κ3) is 3.97. The lowest BCUT2D eigenvalue weighted by Crippen LogP contribution is -2.45. The first-order valence-electron chi connectivity index (χ1n) is 9.42. The Bertz CT molecular complexity index is 970. The van der Waals surface area contributed by atoms with Crippen LogP contribution in [0.3, 0.4) is 0 Å². The molecule has 0 aliphatic carbocycles. The summed E-state index contributed by atoms with van der Waals surface area (Å²) in [4.78, 5) is 30.6. The fourth-order valence-corrected chi connectivity index (χ4v) is 4.27. The van der Waals surface area contributed by atoms with E-state index in [-0.39, 0.29) is 11.8 Å². The molecule has 0 spiro atoms. The van der Waals surface area contributed by atoms with Gasteiger partial charge in [-0.15, -0.1) is 11.3 Å². The summed E-state index contributed by atoms with van der Waals surface area (Å²) in [5.41, 5.74) is 2.50. The average Bonchev–Trinajstić information content (AvgIpc) is 3.10. The second kappa shape index (κ2) is 8.35. The minimum atomic E-state index is -0.499. The lowest BCUT2D eigenvalue weighted by Gasteiger charge is -2.15. The zero-order chi connectivity index (χ0) is 19.3. The average molecular weight is 391 g/mol. The predicted molar refractivity (Wildman–Crippen MR) is 111 cm³/mol. The van der Waals surface area contributed by atoms with Crippen LogP contribution in [0.1, 0.15) is 28.9 Å². The lowest BCUT2D eigenvalue weighted by atomic mass is 10.1. The number of hydrogen-bond donors (Lipinski definition) is 2. The van der Waals surface area contributed by atoms with E-state index in [4.69, 9.17) is 4.98 Å². The normalized spacial score (nSPS) is 16.9. The van der Waals surface area contributed by atoms with Crippen molar-refractivity contribution >= 4 is 23.2 Å². The first kappa shape index (κ1) is 18.4. The molecule has 1 aromatic heterocycles. The molecule has 1 atom stereocenters. The largest absolute Gasteiger partial charge is 0.354 e. The van der Waals surface area contributed by atoms with Crippen molar-refractivity contribution in [2.24, 2.45) is 0 Å². The van der Waals surface area contributed by atoms with Gasteiger partial charge in [-0.2, -0.15) is 0 Å². The second-order valence-corrected chi connectivity index (χ2v) is 7.74. The summed E-state index contributed by atoms with van der Waals surface area (Å²) in [6, 6.07) is 19.0. The molecule has 2 heterocycles. The zero-order valence-corrected chi connectivity index (χ0v) is 16.2. The van der Waals surface area contributed by atoms with Gasteiger partial charge in [0.2, 0.25) is 5.91 Å². The fraction of sp³-hybridized carbons (Fsp3) is 0.227. The van der Waals surface area contributed by atoms with Crippen LogP contribution < -0.4 is 10.6 Å². The van der Waals surface area contributed by atoms with Crippen molar-refractivity contribution in [3.05, 3.63) is 65.5 Å². The summed E-state index contributed by atoms with van der Waals surface area (Å²) < 4.78 is 0. The highest BCUT2D eigenvalue weighted by Gasteiger charge is 2.26. The van der Waals surface area contributed by atoms with Crippen LogP contribution in [0.2, 0.25) is 0 Å². The van der Waals surface area contributed by atoms with Gasteiger partial charge < -0.3 is 10.6 Å². The van der Waals surface area contributed by atoms with Crippen molar-refractivity contribution in [2.75, 3.05) is 6.54 Å². The Labute approximate surface area is 167 Å². The van der Waals surface area contributed by atoms with Gasteiger partial charge in [0.15, 0.2) is 0 Å². The van der Waals surface area contributed by atoms with Gasteiger partial charge in [-0.3, -0.25) is 9.59 Å². The number of nitrogens with zero attached hydrogens (tertiary/aromatic N) is 1. The van der Waals surface area contributed by atoms with Gasteiger partial charge in [0.1, 0.15) is 15.9 Å². The van der Waals surface area contributed by atoms with Crippen LogP contribution in [-0.2, 0) is 4.79 Å². The molecule has 6 heteroatoms. The molecule has 3 aromatic rings. The lowest BCUT2D eigenvalue weighted by molar-refractivity contribution is -0.122. The van der Waals surface area contributed by atoms with Crippen molar-refractivity contribution in [3.8, 4) is 21.8 Å². The summed E-state index contributed by atoms with van der Waals surface area (Å²) in [5.74, 6) is -0.361. The number of amides is 2. The molecular formula is C22H21N3O2S. The first-order valence-corrected chi connectivity index (χ1v) is 10.2. The van der Waals surface area contributed by atoms with E-state index in [0.29, 0.717) is 23.5 Å². The van der Waals surface area contributed by atoms with Crippen LogP contribution in [0.15, 0.2) is 60.7 Å². The van der Waals surface area contributed by atoms with Gasteiger partial charge in [0, 0.05) is 17.7 Å². The third-order valence-corrected chi connectivity index (χ3v) is 5.85. The molecule has 1 fully saturated rings. The molecule has 0 saturated carbocycles. The van der Waals surface area contributed by atoms with Gasteiger partial charge in [0.25, 0.3) is 5.91 Å². The molecule has 1 aliphatic rings. The molecule has 2 aromatic carbocycles. The summed E-state index contributed by atoms with van der Waals surface area (Å²) in [7, 11) is 0. The van der Waals surface area contributed by atoms with Crippen LogP contribution in [-0.4, -0.2) is 29.4 Å². The van der Waals surface area contributed by atoms with Crippen molar-refractivity contribution in [1.29, 1.82) is 0 Å². The number of carbonyl (C=O) groups excluding carboxylic acids is 2. The van der Waals surface area contributed by atoms with E-state index < -0.39 is 6.04 Å². The van der Waals surface area contributed by atoms with Crippen molar-refractivity contribution in [2.45, 2.75) is 25.3 Å². The van der Waals surface area contributed by atoms with Crippen molar-refractivity contribution in [3.63, 3.8) is 0 Å². The predicted octanol–water partition coefficient (Wildman–Crippen LogP) is 3.88. The molecule has 0 bridgehead atoms. The maximum atomic E-state index is 13.1. The number of rotatable bonds is 4. The molecule has 0 radical (unpaired) electrons. The smallest absolute Gasteiger partial charge is 0.264 e. The Morgan fingerprint density at radius 2 is 1.68 bits per heavy atom. The van der Waals surface area contributed by atoms with Crippen LogP contribution in [0.25, 0.3) is 21.8 Å². The van der Waals surface area contributed by atoms with E-state index in [1.54, 1.807) is 0 Å². The van der Waals surface area contributed by atoms with Gasteiger partial charge in [-0.25, -0.2) is 4.98 Å². The molecule has 4 rings (SSSR count). The minimum Gasteiger partial charge on any atom is -0.354 e. The quantitative estimate of drug-likeness (QED) is 0.709. The fourth-order valence-electron chi connectivity index (χ4n) is 3.27. The number of thiazole rings is 1. The zero-order valence-electron chi connectivity index (χ0n) is 15.4. The summed E-state index contributed by atoms with van der Waals surface area (Å²) >= 11 is 1.36. The molecule has 2 amide bonds. The SMILES string of the molecule is O=C(N[C@@H]1CCCCNC1=O)c1sc(-c2ccccc2)nc1-c1ccccc1. The highest BCUT2D eigenvalue weighted by molar-refractivity contribution is 7.17. The Kier molecular flexibility index (Phi) is 5.48. The number of hydrogen-bond acceptors (Lipinski definition) is 4. The van der Waals surface area contributed by atoms with Crippen LogP contribution in [0, 0.1) is 0 Å². The summed E-state index contributed by atoms with van der Waals surface area (Å²) in [6.07, 6.45) is 2.50. The first-order chi connectivity index (χ1) is 13.7. The number of nitrogens with one attached hydrogen (secondary N) is 2. The summed E-state index contributed by atoms with van der Waals surface area (Å²) in [6.45, 7) is 0.666. The highest BCUT2D eigenvalue weighted by Crippen LogP contribution is 2.34.